The Bertz CT molecular complexity index is 673. The minimum atomic E-state index is -3.46. The van der Waals surface area contributed by atoms with Gasteiger partial charge in [0.05, 0.1) is 9.80 Å². The lowest BCUT2D eigenvalue weighted by molar-refractivity contribution is 0.193. The van der Waals surface area contributed by atoms with Gasteiger partial charge in [0.25, 0.3) is 0 Å². The van der Waals surface area contributed by atoms with E-state index in [0.717, 1.165) is 12.8 Å². The van der Waals surface area contributed by atoms with Crippen LogP contribution in [0.5, 0.6) is 0 Å². The Hall–Kier alpha value is -1.55. The molecule has 2 aliphatic rings. The van der Waals surface area contributed by atoms with E-state index >= 15 is 0 Å². The molecule has 1 fully saturated rings. The van der Waals surface area contributed by atoms with Crippen LogP contribution in [0.2, 0.25) is 0 Å². The normalized spacial score (nSPS) is 28.9. The number of benzene rings is 1. The molecular weight excluding hydrogens is 284 g/mol. The van der Waals surface area contributed by atoms with Gasteiger partial charge in [-0.25, -0.2) is 8.42 Å². The summed E-state index contributed by atoms with van der Waals surface area (Å²) < 4.78 is 31.7. The number of ether oxygens (including phenoxy) is 1. The fourth-order valence-corrected chi connectivity index (χ4v) is 5.09. The minimum absolute atomic E-state index is 0.0590. The van der Waals surface area contributed by atoms with E-state index in [1.165, 1.54) is 0 Å². The molecule has 0 spiro atoms. The lowest BCUT2D eigenvalue weighted by atomic mass is 9.85. The van der Waals surface area contributed by atoms with Crippen LogP contribution in [0.15, 0.2) is 58.5 Å². The average molecular weight is 304 g/mol. The van der Waals surface area contributed by atoms with Crippen LogP contribution in [0, 0.1) is 11.8 Å². The summed E-state index contributed by atoms with van der Waals surface area (Å²) in [5, 5.41) is 0. The summed E-state index contributed by atoms with van der Waals surface area (Å²) in [4.78, 5) is 0.827. The first-order chi connectivity index (χ1) is 10.0. The van der Waals surface area contributed by atoms with Crippen molar-refractivity contribution in [2.45, 2.75) is 37.2 Å². The number of hydrogen-bond acceptors (Lipinski definition) is 3. The molecule has 4 heteroatoms. The fourth-order valence-electron chi connectivity index (χ4n) is 3.31. The van der Waals surface area contributed by atoms with E-state index in [4.69, 9.17) is 4.74 Å². The third-order valence-electron chi connectivity index (χ3n) is 4.30. The molecule has 3 atom stereocenters. The van der Waals surface area contributed by atoms with E-state index in [1.807, 2.05) is 6.07 Å². The Morgan fingerprint density at radius 1 is 1.24 bits per heavy atom. The van der Waals surface area contributed by atoms with Gasteiger partial charge in [-0.3, -0.25) is 0 Å². The predicted octanol–water partition coefficient (Wildman–Crippen LogP) is 3.69. The number of sulfone groups is 1. The van der Waals surface area contributed by atoms with Crippen molar-refractivity contribution in [3.05, 3.63) is 53.7 Å². The van der Waals surface area contributed by atoms with Crippen LogP contribution in [0.25, 0.3) is 0 Å². The minimum Gasteiger partial charge on any atom is -0.489 e. The van der Waals surface area contributed by atoms with Crippen LogP contribution in [0.1, 0.15) is 26.2 Å². The highest BCUT2D eigenvalue weighted by Gasteiger charge is 2.40. The van der Waals surface area contributed by atoms with Crippen molar-refractivity contribution in [2.24, 2.45) is 11.8 Å². The molecule has 1 aliphatic heterocycles. The zero-order valence-electron chi connectivity index (χ0n) is 12.2. The zero-order valence-corrected chi connectivity index (χ0v) is 13.0. The summed E-state index contributed by atoms with van der Waals surface area (Å²) in [6.07, 6.45) is 4.11. The van der Waals surface area contributed by atoms with E-state index in [0.29, 0.717) is 27.9 Å². The SMILES string of the molecule is C=C[C@H]1C[C@H]2C[C@H](C)CC(S(=O)(=O)c3ccccc3)=C2O1. The maximum atomic E-state index is 12.9. The van der Waals surface area contributed by atoms with Crippen LogP contribution in [0.3, 0.4) is 0 Å². The first-order valence-electron chi connectivity index (χ1n) is 7.34. The molecule has 1 aromatic carbocycles. The molecule has 0 radical (unpaired) electrons. The molecule has 3 rings (SSSR count). The van der Waals surface area contributed by atoms with Crippen LogP contribution in [-0.4, -0.2) is 14.5 Å². The molecule has 0 bridgehead atoms. The van der Waals surface area contributed by atoms with Crippen molar-refractivity contribution in [2.75, 3.05) is 0 Å². The maximum Gasteiger partial charge on any atom is 0.206 e. The van der Waals surface area contributed by atoms with Gasteiger partial charge in [0, 0.05) is 5.92 Å². The van der Waals surface area contributed by atoms with Crippen LogP contribution >= 0.6 is 0 Å². The van der Waals surface area contributed by atoms with E-state index in [1.54, 1.807) is 30.3 Å². The molecular formula is C17H20O3S. The van der Waals surface area contributed by atoms with Gasteiger partial charge in [0.1, 0.15) is 11.9 Å². The van der Waals surface area contributed by atoms with Gasteiger partial charge in [0.15, 0.2) is 0 Å². The maximum absolute atomic E-state index is 12.9. The quantitative estimate of drug-likeness (QED) is 0.800. The summed E-state index contributed by atoms with van der Waals surface area (Å²) >= 11 is 0. The molecule has 112 valence electrons. The van der Waals surface area contributed by atoms with E-state index < -0.39 is 9.84 Å². The van der Waals surface area contributed by atoms with Gasteiger partial charge in [-0.2, -0.15) is 0 Å². The Kier molecular flexibility index (Phi) is 3.66. The zero-order chi connectivity index (χ0) is 15.0. The van der Waals surface area contributed by atoms with Gasteiger partial charge < -0.3 is 4.74 Å². The van der Waals surface area contributed by atoms with Gasteiger partial charge in [-0.05, 0) is 37.3 Å². The molecule has 3 nitrogen and oxygen atoms in total. The third-order valence-corrected chi connectivity index (χ3v) is 6.21. The van der Waals surface area contributed by atoms with Gasteiger partial charge in [-0.15, -0.1) is 0 Å². The first-order valence-corrected chi connectivity index (χ1v) is 8.83. The number of rotatable bonds is 3. The molecule has 1 saturated heterocycles. The highest BCUT2D eigenvalue weighted by molar-refractivity contribution is 7.95. The molecule has 1 aliphatic carbocycles. The van der Waals surface area contributed by atoms with Crippen LogP contribution in [0.4, 0.5) is 0 Å². The molecule has 0 N–H and O–H groups in total. The van der Waals surface area contributed by atoms with Crippen molar-refractivity contribution < 1.29 is 13.2 Å². The Balaban J connectivity index is 2.08. The summed E-state index contributed by atoms with van der Waals surface area (Å²) in [5.41, 5.74) is 0. The Morgan fingerprint density at radius 3 is 2.62 bits per heavy atom. The summed E-state index contributed by atoms with van der Waals surface area (Å²) in [6.45, 7) is 5.88. The summed E-state index contributed by atoms with van der Waals surface area (Å²) in [6, 6.07) is 8.63. The number of hydrogen-bond donors (Lipinski definition) is 0. The lowest BCUT2D eigenvalue weighted by Crippen LogP contribution is -2.20. The lowest BCUT2D eigenvalue weighted by Gasteiger charge is -2.26. The van der Waals surface area contributed by atoms with Gasteiger partial charge in [0.2, 0.25) is 9.84 Å². The van der Waals surface area contributed by atoms with Crippen molar-refractivity contribution in [3.63, 3.8) is 0 Å². The van der Waals surface area contributed by atoms with Gasteiger partial charge >= 0.3 is 0 Å². The summed E-state index contributed by atoms with van der Waals surface area (Å²) in [7, 11) is -3.46. The Labute approximate surface area is 126 Å². The molecule has 0 aromatic heterocycles. The van der Waals surface area contributed by atoms with Crippen molar-refractivity contribution in [1.29, 1.82) is 0 Å². The molecule has 0 unspecified atom stereocenters. The largest absolute Gasteiger partial charge is 0.489 e. The Morgan fingerprint density at radius 2 is 1.95 bits per heavy atom. The second kappa shape index (κ2) is 5.34. The van der Waals surface area contributed by atoms with E-state index in [2.05, 4.69) is 13.5 Å². The monoisotopic (exact) mass is 304 g/mol. The highest BCUT2D eigenvalue weighted by Crippen LogP contribution is 2.45. The summed E-state index contributed by atoms with van der Waals surface area (Å²) in [5.74, 6) is 1.26. The standard InChI is InChI=1S/C17H20O3S/c1-3-14-11-13-9-12(2)10-16(17(13)20-14)21(18,19)15-7-5-4-6-8-15/h3-8,12-14H,1,9-11H2,2H3/t12-,13+,14-/m0/s1. The molecule has 0 saturated carbocycles. The first kappa shape index (κ1) is 14.4. The fraction of sp³-hybridized carbons (Fsp3) is 0.412. The van der Waals surface area contributed by atoms with Crippen molar-refractivity contribution >= 4 is 9.84 Å². The smallest absolute Gasteiger partial charge is 0.206 e. The second-order valence-electron chi connectivity index (χ2n) is 5.97. The molecule has 0 amide bonds. The van der Waals surface area contributed by atoms with Crippen LogP contribution < -0.4 is 0 Å². The molecule has 1 heterocycles. The average Bonchev–Trinajstić information content (AvgIpc) is 2.90. The van der Waals surface area contributed by atoms with Crippen molar-refractivity contribution in [1.82, 2.24) is 0 Å². The topological polar surface area (TPSA) is 43.4 Å². The van der Waals surface area contributed by atoms with E-state index in [-0.39, 0.29) is 12.0 Å². The predicted molar refractivity (Wildman–Crippen MR) is 82.2 cm³/mol. The van der Waals surface area contributed by atoms with Gasteiger partial charge in [-0.1, -0.05) is 37.8 Å². The molecule has 1 aromatic rings. The number of fused-ring (bicyclic) bond motifs is 1. The number of allylic oxidation sites excluding steroid dienone is 2. The molecule has 21 heavy (non-hydrogen) atoms. The van der Waals surface area contributed by atoms with Crippen LogP contribution in [-0.2, 0) is 14.6 Å². The van der Waals surface area contributed by atoms with Crippen molar-refractivity contribution in [3.8, 4) is 0 Å². The highest BCUT2D eigenvalue weighted by atomic mass is 32.2. The van der Waals surface area contributed by atoms with E-state index in [9.17, 15) is 8.42 Å². The second-order valence-corrected chi connectivity index (χ2v) is 7.94. The third kappa shape index (κ3) is 2.53.